The van der Waals surface area contributed by atoms with Crippen LogP contribution in [0, 0.1) is 26.6 Å². The average molecular weight is 407 g/mol. The molecule has 5 heteroatoms. The standard InChI is InChI=1S/C25H31FN4/c1-16-11-21(20-7-5-4-6-8-20)24-22(12-16)30(25(29-24)28-10-9-27)15-19-13-17(2)23(26)18(3)14-19/h7,11-14H,4-6,8-10,15,27H2,1-3H3,(H,28,29). The molecule has 0 spiro atoms. The number of aryl methyl sites for hydroxylation is 3. The molecule has 4 rings (SSSR count). The molecule has 0 bridgehead atoms. The summed E-state index contributed by atoms with van der Waals surface area (Å²) in [6.07, 6.45) is 7.11. The van der Waals surface area contributed by atoms with Crippen LogP contribution in [0.15, 0.2) is 30.3 Å². The molecule has 0 unspecified atom stereocenters. The molecule has 30 heavy (non-hydrogen) atoms. The summed E-state index contributed by atoms with van der Waals surface area (Å²) in [6, 6.07) is 8.32. The van der Waals surface area contributed by atoms with Crippen LogP contribution in [0.5, 0.6) is 0 Å². The second-order valence-corrected chi connectivity index (χ2v) is 8.44. The van der Waals surface area contributed by atoms with Crippen LogP contribution in [0.1, 0.15) is 53.5 Å². The van der Waals surface area contributed by atoms with Crippen LogP contribution in [-0.2, 0) is 6.54 Å². The van der Waals surface area contributed by atoms with Gasteiger partial charge in [0.2, 0.25) is 5.95 Å². The maximum Gasteiger partial charge on any atom is 0.204 e. The number of fused-ring (bicyclic) bond motifs is 1. The van der Waals surface area contributed by atoms with Crippen LogP contribution in [0.2, 0.25) is 0 Å². The van der Waals surface area contributed by atoms with Gasteiger partial charge in [-0.05, 0) is 86.4 Å². The Hall–Kier alpha value is -2.66. The Morgan fingerprint density at radius 3 is 2.53 bits per heavy atom. The van der Waals surface area contributed by atoms with E-state index < -0.39 is 0 Å². The number of hydrogen-bond acceptors (Lipinski definition) is 3. The van der Waals surface area contributed by atoms with Gasteiger partial charge in [0.25, 0.3) is 0 Å². The Bertz CT molecular complexity index is 1090. The van der Waals surface area contributed by atoms with Crippen molar-refractivity contribution in [1.82, 2.24) is 9.55 Å². The highest BCUT2D eigenvalue weighted by molar-refractivity contribution is 5.92. The van der Waals surface area contributed by atoms with Gasteiger partial charge in [0.1, 0.15) is 5.82 Å². The van der Waals surface area contributed by atoms with Crippen LogP contribution < -0.4 is 11.1 Å². The van der Waals surface area contributed by atoms with Crippen molar-refractivity contribution >= 4 is 22.6 Å². The summed E-state index contributed by atoms with van der Waals surface area (Å²) >= 11 is 0. The first-order chi connectivity index (χ1) is 14.5. The minimum Gasteiger partial charge on any atom is -0.354 e. The van der Waals surface area contributed by atoms with E-state index in [2.05, 4.69) is 35.0 Å². The Morgan fingerprint density at radius 2 is 1.87 bits per heavy atom. The minimum atomic E-state index is -0.127. The van der Waals surface area contributed by atoms with E-state index in [0.717, 1.165) is 35.4 Å². The third kappa shape index (κ3) is 3.99. The van der Waals surface area contributed by atoms with Gasteiger partial charge < -0.3 is 15.6 Å². The molecule has 0 aliphatic heterocycles. The second kappa shape index (κ2) is 8.60. The van der Waals surface area contributed by atoms with Crippen molar-refractivity contribution in [2.75, 3.05) is 18.4 Å². The minimum absolute atomic E-state index is 0.127. The monoisotopic (exact) mass is 406 g/mol. The molecule has 158 valence electrons. The number of nitrogens with two attached hydrogens (primary N) is 1. The SMILES string of the molecule is Cc1cc(C2=CCCCC2)c2nc(NCCN)n(Cc3cc(C)c(F)c(C)c3)c2c1. The zero-order valence-electron chi connectivity index (χ0n) is 18.2. The van der Waals surface area contributed by atoms with Crippen LogP contribution in [-0.4, -0.2) is 22.6 Å². The summed E-state index contributed by atoms with van der Waals surface area (Å²) in [4.78, 5) is 5.01. The van der Waals surface area contributed by atoms with Crippen molar-refractivity contribution in [3.05, 3.63) is 64.0 Å². The Balaban J connectivity index is 1.86. The fourth-order valence-corrected chi connectivity index (χ4v) is 4.48. The maximum atomic E-state index is 14.1. The topological polar surface area (TPSA) is 55.9 Å². The Kier molecular flexibility index (Phi) is 5.91. The lowest BCUT2D eigenvalue weighted by atomic mass is 9.92. The number of anilines is 1. The zero-order chi connectivity index (χ0) is 21.3. The van der Waals surface area contributed by atoms with Gasteiger partial charge in [-0.25, -0.2) is 9.37 Å². The highest BCUT2D eigenvalue weighted by atomic mass is 19.1. The molecule has 2 aromatic carbocycles. The first-order valence-electron chi connectivity index (χ1n) is 10.9. The lowest BCUT2D eigenvalue weighted by Gasteiger charge is -2.15. The van der Waals surface area contributed by atoms with Crippen molar-refractivity contribution in [1.29, 1.82) is 0 Å². The van der Waals surface area contributed by atoms with Crippen LogP contribution >= 0.6 is 0 Å². The third-order valence-electron chi connectivity index (χ3n) is 5.90. The molecule has 3 N–H and O–H groups in total. The number of nitrogens with one attached hydrogen (secondary N) is 1. The highest BCUT2D eigenvalue weighted by Crippen LogP contribution is 2.34. The molecule has 0 saturated heterocycles. The van der Waals surface area contributed by atoms with Crippen molar-refractivity contribution < 1.29 is 4.39 Å². The number of rotatable bonds is 6. The van der Waals surface area contributed by atoms with Gasteiger partial charge in [-0.2, -0.15) is 0 Å². The third-order valence-corrected chi connectivity index (χ3v) is 5.90. The van der Waals surface area contributed by atoms with E-state index in [4.69, 9.17) is 10.7 Å². The second-order valence-electron chi connectivity index (χ2n) is 8.44. The predicted molar refractivity (Wildman–Crippen MR) is 123 cm³/mol. The lowest BCUT2D eigenvalue weighted by molar-refractivity contribution is 0.607. The number of benzene rings is 2. The van der Waals surface area contributed by atoms with Crippen molar-refractivity contribution in [3.8, 4) is 0 Å². The summed E-state index contributed by atoms with van der Waals surface area (Å²) in [5.74, 6) is 0.691. The van der Waals surface area contributed by atoms with Gasteiger partial charge >= 0.3 is 0 Å². The Labute approximate surface area is 178 Å². The first-order valence-corrected chi connectivity index (χ1v) is 10.9. The molecule has 1 aliphatic carbocycles. The van der Waals surface area contributed by atoms with Crippen molar-refractivity contribution in [2.45, 2.75) is 53.0 Å². The fraction of sp³-hybridized carbons (Fsp3) is 0.400. The van der Waals surface area contributed by atoms with Gasteiger partial charge in [0.15, 0.2) is 0 Å². The van der Waals surface area contributed by atoms with E-state index in [0.29, 0.717) is 30.8 Å². The van der Waals surface area contributed by atoms with Crippen LogP contribution in [0.3, 0.4) is 0 Å². The maximum absolute atomic E-state index is 14.1. The van der Waals surface area contributed by atoms with Gasteiger partial charge in [-0.15, -0.1) is 0 Å². The molecule has 1 aliphatic rings. The summed E-state index contributed by atoms with van der Waals surface area (Å²) in [5.41, 5.74) is 14.2. The largest absolute Gasteiger partial charge is 0.354 e. The first kappa shape index (κ1) is 20.6. The quantitative estimate of drug-likeness (QED) is 0.570. The summed E-state index contributed by atoms with van der Waals surface area (Å²) in [5, 5.41) is 3.40. The van der Waals surface area contributed by atoms with E-state index in [1.165, 1.54) is 29.5 Å². The summed E-state index contributed by atoms with van der Waals surface area (Å²) in [6.45, 7) is 7.61. The number of imidazole rings is 1. The average Bonchev–Trinajstić information content (AvgIpc) is 3.07. The molecule has 3 aromatic rings. The molecule has 0 saturated carbocycles. The number of aromatic nitrogens is 2. The normalized spacial score (nSPS) is 14.2. The van der Waals surface area contributed by atoms with Crippen molar-refractivity contribution in [3.63, 3.8) is 0 Å². The van der Waals surface area contributed by atoms with E-state index in [-0.39, 0.29) is 5.82 Å². The van der Waals surface area contributed by atoms with E-state index in [9.17, 15) is 4.39 Å². The molecular formula is C25H31FN4. The molecular weight excluding hydrogens is 375 g/mol. The molecule has 0 fully saturated rings. The van der Waals surface area contributed by atoms with E-state index >= 15 is 0 Å². The van der Waals surface area contributed by atoms with Crippen LogP contribution in [0.4, 0.5) is 10.3 Å². The number of halogens is 1. The van der Waals surface area contributed by atoms with Gasteiger partial charge in [-0.3, -0.25) is 0 Å². The lowest BCUT2D eigenvalue weighted by Crippen LogP contribution is -2.16. The summed E-state index contributed by atoms with van der Waals surface area (Å²) in [7, 11) is 0. The van der Waals surface area contributed by atoms with Crippen LogP contribution in [0.25, 0.3) is 16.6 Å². The fourth-order valence-electron chi connectivity index (χ4n) is 4.48. The highest BCUT2D eigenvalue weighted by Gasteiger charge is 2.18. The van der Waals surface area contributed by atoms with Gasteiger partial charge in [-0.1, -0.05) is 18.2 Å². The molecule has 0 amide bonds. The number of nitrogens with zero attached hydrogens (tertiary/aromatic N) is 2. The molecule has 0 atom stereocenters. The van der Waals surface area contributed by atoms with Crippen molar-refractivity contribution in [2.24, 2.45) is 5.73 Å². The molecule has 1 heterocycles. The zero-order valence-corrected chi connectivity index (χ0v) is 18.2. The van der Waals surface area contributed by atoms with Gasteiger partial charge in [0.05, 0.1) is 17.6 Å². The number of hydrogen-bond donors (Lipinski definition) is 2. The molecule has 0 radical (unpaired) electrons. The predicted octanol–water partition coefficient (Wildman–Crippen LogP) is 5.48. The molecule has 4 nitrogen and oxygen atoms in total. The Morgan fingerprint density at radius 1 is 1.10 bits per heavy atom. The molecule has 1 aromatic heterocycles. The number of allylic oxidation sites excluding steroid dienone is 2. The van der Waals surface area contributed by atoms with E-state index in [1.54, 1.807) is 0 Å². The summed E-state index contributed by atoms with van der Waals surface area (Å²) < 4.78 is 16.4. The smallest absolute Gasteiger partial charge is 0.204 e. The van der Waals surface area contributed by atoms with E-state index in [1.807, 2.05) is 26.0 Å². The van der Waals surface area contributed by atoms with Gasteiger partial charge in [0, 0.05) is 18.7 Å².